The van der Waals surface area contributed by atoms with Gasteiger partial charge in [0.2, 0.25) is 11.8 Å². The Hall–Kier alpha value is -3.23. The Morgan fingerprint density at radius 3 is 2.77 bits per heavy atom. The highest BCUT2D eigenvalue weighted by Crippen LogP contribution is 2.27. The fourth-order valence-corrected chi connectivity index (χ4v) is 2.30. The average molecular weight is 297 g/mol. The van der Waals surface area contributed by atoms with E-state index in [1.807, 2.05) is 28.8 Å². The number of fused-ring (bicyclic) bond motifs is 1. The molecule has 3 aromatic heterocycles. The van der Waals surface area contributed by atoms with E-state index in [0.29, 0.717) is 29.8 Å². The Bertz CT molecular complexity index is 952. The fraction of sp³-hybridized carbons (Fsp3) is 0.154. The van der Waals surface area contributed by atoms with E-state index < -0.39 is 0 Å². The molecule has 3 heterocycles. The van der Waals surface area contributed by atoms with Gasteiger partial charge in [-0.1, -0.05) is 12.1 Å². The number of hydrogen-bond donors (Lipinski definition) is 1. The zero-order valence-corrected chi connectivity index (χ0v) is 11.6. The average Bonchev–Trinajstić information content (AvgIpc) is 3.20. The lowest BCUT2D eigenvalue weighted by atomic mass is 10.3. The van der Waals surface area contributed by atoms with Crippen molar-refractivity contribution < 1.29 is 9.05 Å². The number of anilines is 1. The molecule has 0 aliphatic rings. The fourth-order valence-electron chi connectivity index (χ4n) is 2.30. The van der Waals surface area contributed by atoms with Gasteiger partial charge >= 0.3 is 0 Å². The van der Waals surface area contributed by atoms with E-state index in [-0.39, 0.29) is 5.82 Å². The SMILES string of the molecule is Cc1nnc(Cn2c(-c3nonc3N)nc3ccccc32)o1. The number of rotatable bonds is 3. The van der Waals surface area contributed by atoms with Crippen LogP contribution in [0.5, 0.6) is 0 Å². The number of hydrogen-bond acceptors (Lipinski definition) is 8. The molecule has 9 heteroatoms. The van der Waals surface area contributed by atoms with Crippen LogP contribution in [0.3, 0.4) is 0 Å². The molecule has 2 N–H and O–H groups in total. The first-order chi connectivity index (χ1) is 10.7. The van der Waals surface area contributed by atoms with E-state index in [1.54, 1.807) is 6.92 Å². The number of nitrogens with two attached hydrogens (primary N) is 1. The van der Waals surface area contributed by atoms with Crippen LogP contribution in [0.15, 0.2) is 33.3 Å². The van der Waals surface area contributed by atoms with Gasteiger partial charge in [-0.15, -0.1) is 10.2 Å². The zero-order valence-electron chi connectivity index (χ0n) is 11.6. The Balaban J connectivity index is 1.92. The summed E-state index contributed by atoms with van der Waals surface area (Å²) in [6.45, 7) is 2.09. The van der Waals surface area contributed by atoms with Crippen LogP contribution in [0.4, 0.5) is 5.82 Å². The molecule has 0 amide bonds. The molecule has 0 unspecified atom stereocenters. The Kier molecular flexibility index (Phi) is 2.65. The second-order valence-corrected chi connectivity index (χ2v) is 4.72. The van der Waals surface area contributed by atoms with Crippen LogP contribution < -0.4 is 5.73 Å². The second kappa shape index (κ2) is 4.65. The summed E-state index contributed by atoms with van der Waals surface area (Å²) >= 11 is 0. The van der Waals surface area contributed by atoms with Crippen LogP contribution in [-0.4, -0.2) is 30.1 Å². The summed E-state index contributed by atoms with van der Waals surface area (Å²) in [6.07, 6.45) is 0. The normalized spacial score (nSPS) is 11.3. The van der Waals surface area contributed by atoms with Crippen LogP contribution >= 0.6 is 0 Å². The molecule has 0 saturated heterocycles. The summed E-state index contributed by atoms with van der Waals surface area (Å²) in [6, 6.07) is 7.68. The van der Waals surface area contributed by atoms with E-state index in [1.165, 1.54) is 0 Å². The van der Waals surface area contributed by atoms with Gasteiger partial charge in [0.25, 0.3) is 0 Å². The van der Waals surface area contributed by atoms with Crippen LogP contribution in [0.1, 0.15) is 11.8 Å². The number of nitrogen functional groups attached to an aromatic ring is 1. The summed E-state index contributed by atoms with van der Waals surface area (Å²) in [7, 11) is 0. The van der Waals surface area contributed by atoms with Gasteiger partial charge in [0.05, 0.1) is 11.0 Å². The lowest BCUT2D eigenvalue weighted by Crippen LogP contribution is -2.04. The summed E-state index contributed by atoms with van der Waals surface area (Å²) in [5, 5.41) is 15.3. The van der Waals surface area contributed by atoms with Gasteiger partial charge in [-0.3, -0.25) is 0 Å². The van der Waals surface area contributed by atoms with Gasteiger partial charge in [-0.2, -0.15) is 0 Å². The lowest BCUT2D eigenvalue weighted by molar-refractivity contribution is 0.310. The number of nitrogens with zero attached hydrogens (tertiary/aromatic N) is 6. The molecule has 0 fully saturated rings. The molecule has 0 atom stereocenters. The highest BCUT2D eigenvalue weighted by atomic mass is 16.6. The first-order valence-corrected chi connectivity index (χ1v) is 6.55. The van der Waals surface area contributed by atoms with Crippen molar-refractivity contribution in [1.29, 1.82) is 0 Å². The molecule has 9 nitrogen and oxygen atoms in total. The maximum Gasteiger partial charge on any atom is 0.236 e. The highest BCUT2D eigenvalue weighted by Gasteiger charge is 2.20. The van der Waals surface area contributed by atoms with Crippen LogP contribution in [0.2, 0.25) is 0 Å². The van der Waals surface area contributed by atoms with E-state index in [9.17, 15) is 0 Å². The molecule has 22 heavy (non-hydrogen) atoms. The predicted octanol–water partition coefficient (Wildman–Crippen LogP) is 1.41. The molecule has 4 rings (SSSR count). The molecule has 0 radical (unpaired) electrons. The molecule has 0 aliphatic heterocycles. The number of aryl methyl sites for hydroxylation is 1. The van der Waals surface area contributed by atoms with E-state index >= 15 is 0 Å². The molecular weight excluding hydrogens is 286 g/mol. The summed E-state index contributed by atoms with van der Waals surface area (Å²) in [5.74, 6) is 1.69. The van der Waals surface area contributed by atoms with Crippen molar-refractivity contribution in [2.45, 2.75) is 13.5 Å². The number of benzene rings is 1. The first-order valence-electron chi connectivity index (χ1n) is 6.55. The molecule has 4 aromatic rings. The van der Waals surface area contributed by atoms with Crippen molar-refractivity contribution in [3.8, 4) is 11.5 Å². The van der Waals surface area contributed by atoms with Gasteiger partial charge in [0, 0.05) is 6.92 Å². The minimum Gasteiger partial charge on any atom is -0.424 e. The molecule has 1 aromatic carbocycles. The minimum atomic E-state index is 0.179. The third kappa shape index (κ3) is 1.91. The van der Waals surface area contributed by atoms with Crippen molar-refractivity contribution in [2.24, 2.45) is 0 Å². The van der Waals surface area contributed by atoms with Crippen LogP contribution in [-0.2, 0) is 6.54 Å². The molecule has 0 saturated carbocycles. The van der Waals surface area contributed by atoms with Crippen molar-refractivity contribution >= 4 is 16.9 Å². The predicted molar refractivity (Wildman–Crippen MR) is 75.6 cm³/mol. The van der Waals surface area contributed by atoms with Gasteiger partial charge < -0.3 is 14.7 Å². The van der Waals surface area contributed by atoms with Crippen molar-refractivity contribution in [2.75, 3.05) is 5.73 Å². The standard InChI is InChI=1S/C13H11N7O2/c1-7-16-17-10(21-7)6-20-9-5-3-2-4-8(9)15-13(20)11-12(14)19-22-18-11/h2-5H,6H2,1H3,(H2,14,19). The number of imidazole rings is 1. The third-order valence-electron chi connectivity index (χ3n) is 3.24. The van der Waals surface area contributed by atoms with Crippen molar-refractivity contribution in [3.63, 3.8) is 0 Å². The monoisotopic (exact) mass is 297 g/mol. The second-order valence-electron chi connectivity index (χ2n) is 4.72. The smallest absolute Gasteiger partial charge is 0.236 e. The van der Waals surface area contributed by atoms with Gasteiger partial charge in [-0.05, 0) is 22.4 Å². The molecule has 110 valence electrons. The third-order valence-corrected chi connectivity index (χ3v) is 3.24. The van der Waals surface area contributed by atoms with Crippen LogP contribution in [0.25, 0.3) is 22.6 Å². The lowest BCUT2D eigenvalue weighted by Gasteiger charge is -2.04. The zero-order chi connectivity index (χ0) is 15.1. The van der Waals surface area contributed by atoms with Gasteiger partial charge in [-0.25, -0.2) is 9.61 Å². The van der Waals surface area contributed by atoms with E-state index in [0.717, 1.165) is 11.0 Å². The minimum absolute atomic E-state index is 0.179. The maximum absolute atomic E-state index is 5.79. The Morgan fingerprint density at radius 2 is 2.05 bits per heavy atom. The highest BCUT2D eigenvalue weighted by molar-refractivity contribution is 5.81. The molecular formula is C13H11N7O2. The van der Waals surface area contributed by atoms with E-state index in [4.69, 9.17) is 10.2 Å². The molecule has 0 aliphatic carbocycles. The number of para-hydroxylation sites is 2. The Labute approximate surface area is 123 Å². The topological polar surface area (TPSA) is 122 Å². The summed E-state index contributed by atoms with van der Waals surface area (Å²) in [4.78, 5) is 4.55. The largest absolute Gasteiger partial charge is 0.424 e. The van der Waals surface area contributed by atoms with Crippen molar-refractivity contribution in [3.05, 3.63) is 36.0 Å². The summed E-state index contributed by atoms with van der Waals surface area (Å²) in [5.41, 5.74) is 7.87. The quantitative estimate of drug-likeness (QED) is 0.602. The van der Waals surface area contributed by atoms with Gasteiger partial charge in [0.1, 0.15) is 6.54 Å². The molecule has 0 spiro atoms. The van der Waals surface area contributed by atoms with Crippen LogP contribution in [0, 0.1) is 6.92 Å². The first kappa shape index (κ1) is 12.5. The number of aromatic nitrogens is 6. The molecule has 0 bridgehead atoms. The van der Waals surface area contributed by atoms with E-state index in [2.05, 4.69) is 30.1 Å². The summed E-state index contributed by atoms with van der Waals surface area (Å²) < 4.78 is 12.0. The maximum atomic E-state index is 5.79. The van der Waals surface area contributed by atoms with Crippen molar-refractivity contribution in [1.82, 2.24) is 30.1 Å². The van der Waals surface area contributed by atoms with Gasteiger partial charge in [0.15, 0.2) is 17.3 Å². The Morgan fingerprint density at radius 1 is 1.18 bits per heavy atom.